The smallest absolute Gasteiger partial charge is 0.274 e. The Morgan fingerprint density at radius 1 is 1.42 bits per heavy atom. The molecule has 0 bridgehead atoms. The third-order valence-electron chi connectivity index (χ3n) is 2.98. The number of thiophene rings is 1. The molecule has 5 nitrogen and oxygen atoms in total. The number of aromatic nitrogens is 2. The van der Waals surface area contributed by atoms with Gasteiger partial charge in [0.25, 0.3) is 5.91 Å². The van der Waals surface area contributed by atoms with E-state index in [1.54, 1.807) is 36.5 Å². The average Bonchev–Trinajstić information content (AvgIpc) is 2.99. The van der Waals surface area contributed by atoms with Gasteiger partial charge < -0.3 is 10.2 Å². The van der Waals surface area contributed by atoms with Gasteiger partial charge in [0.1, 0.15) is 11.5 Å². The molecular weight excluding hydrogens is 260 g/mol. The highest BCUT2D eigenvalue weighted by molar-refractivity contribution is 7.10. The van der Waals surface area contributed by atoms with Crippen LogP contribution in [0.1, 0.15) is 28.3 Å². The largest absolute Gasteiger partial charge is 0.372 e. The first kappa shape index (κ1) is 13.5. The summed E-state index contributed by atoms with van der Waals surface area (Å²) < 4.78 is 0. The molecule has 2 aromatic rings. The number of rotatable bonds is 4. The van der Waals surface area contributed by atoms with Gasteiger partial charge in [0, 0.05) is 19.0 Å². The maximum atomic E-state index is 12.3. The van der Waals surface area contributed by atoms with E-state index in [-0.39, 0.29) is 11.9 Å². The van der Waals surface area contributed by atoms with Crippen LogP contribution in [0.3, 0.4) is 0 Å². The van der Waals surface area contributed by atoms with E-state index in [9.17, 15) is 4.79 Å². The summed E-state index contributed by atoms with van der Waals surface area (Å²) in [5.41, 5.74) is 0.352. The highest BCUT2D eigenvalue weighted by Crippen LogP contribution is 2.24. The van der Waals surface area contributed by atoms with Gasteiger partial charge in [-0.2, -0.15) is 0 Å². The van der Waals surface area contributed by atoms with E-state index in [0.29, 0.717) is 11.5 Å². The Morgan fingerprint density at radius 3 is 2.74 bits per heavy atom. The van der Waals surface area contributed by atoms with Crippen LogP contribution in [-0.2, 0) is 0 Å². The molecule has 0 radical (unpaired) electrons. The van der Waals surface area contributed by atoms with E-state index in [1.807, 2.05) is 24.4 Å². The molecule has 6 heteroatoms. The molecule has 2 aromatic heterocycles. The van der Waals surface area contributed by atoms with Crippen LogP contribution in [0.4, 0.5) is 5.82 Å². The molecule has 1 atom stereocenters. The Labute approximate surface area is 116 Å². The van der Waals surface area contributed by atoms with Gasteiger partial charge >= 0.3 is 0 Å². The molecule has 2 heterocycles. The quantitative estimate of drug-likeness (QED) is 0.931. The van der Waals surface area contributed by atoms with Crippen molar-refractivity contribution in [1.82, 2.24) is 14.9 Å². The first-order chi connectivity index (χ1) is 9.13. The number of carbonyl (C=O) groups excluding carboxylic acids is 1. The molecule has 0 aliphatic heterocycles. The van der Waals surface area contributed by atoms with E-state index in [1.165, 1.54) is 6.20 Å². The summed E-state index contributed by atoms with van der Waals surface area (Å²) in [5, 5.41) is 4.88. The molecule has 1 unspecified atom stereocenters. The summed E-state index contributed by atoms with van der Waals surface area (Å²) >= 11 is 1.64. The maximum Gasteiger partial charge on any atom is 0.274 e. The zero-order valence-electron chi connectivity index (χ0n) is 11.1. The van der Waals surface area contributed by atoms with Crippen LogP contribution in [0.2, 0.25) is 0 Å². The molecule has 1 amide bonds. The van der Waals surface area contributed by atoms with Gasteiger partial charge in [0.15, 0.2) is 0 Å². The van der Waals surface area contributed by atoms with Crippen LogP contribution in [0.5, 0.6) is 0 Å². The maximum absolute atomic E-state index is 12.3. The van der Waals surface area contributed by atoms with Crippen molar-refractivity contribution in [1.29, 1.82) is 0 Å². The van der Waals surface area contributed by atoms with Crippen molar-refractivity contribution in [2.75, 3.05) is 19.4 Å². The van der Waals surface area contributed by atoms with E-state index in [0.717, 1.165) is 4.88 Å². The number of nitrogens with one attached hydrogen (secondary N) is 1. The fourth-order valence-electron chi connectivity index (χ4n) is 1.64. The topological polar surface area (TPSA) is 58.1 Å². The lowest BCUT2D eigenvalue weighted by atomic mass is 10.2. The predicted octanol–water partition coefficient (Wildman–Crippen LogP) is 2.41. The molecule has 0 spiro atoms. The van der Waals surface area contributed by atoms with Crippen LogP contribution in [0, 0.1) is 0 Å². The van der Waals surface area contributed by atoms with Crippen molar-refractivity contribution in [3.8, 4) is 0 Å². The van der Waals surface area contributed by atoms with E-state index < -0.39 is 0 Å². The molecule has 2 rings (SSSR count). The van der Waals surface area contributed by atoms with Crippen LogP contribution >= 0.6 is 11.3 Å². The fraction of sp³-hybridized carbons (Fsp3) is 0.308. The van der Waals surface area contributed by atoms with E-state index in [2.05, 4.69) is 15.3 Å². The van der Waals surface area contributed by atoms with Crippen molar-refractivity contribution >= 4 is 23.1 Å². The molecule has 0 aromatic carbocycles. The molecule has 0 saturated carbocycles. The van der Waals surface area contributed by atoms with Crippen LogP contribution in [-0.4, -0.2) is 34.9 Å². The number of nitrogens with zero attached hydrogens (tertiary/aromatic N) is 3. The van der Waals surface area contributed by atoms with Crippen molar-refractivity contribution in [2.45, 2.75) is 13.0 Å². The van der Waals surface area contributed by atoms with Crippen molar-refractivity contribution in [2.24, 2.45) is 0 Å². The summed E-state index contributed by atoms with van der Waals surface area (Å²) in [6.45, 7) is 2.00. The Kier molecular flexibility index (Phi) is 4.11. The number of anilines is 1. The Morgan fingerprint density at radius 2 is 2.21 bits per heavy atom. The number of carbonyl (C=O) groups is 1. The number of hydrogen-bond acceptors (Lipinski definition) is 5. The second-order valence-electron chi connectivity index (χ2n) is 4.14. The second-order valence-corrected chi connectivity index (χ2v) is 5.12. The fourth-order valence-corrected chi connectivity index (χ4v) is 2.47. The standard InChI is InChI=1S/C13H16N4OS/c1-9(11-5-4-6-19-11)17(3)13(18)10-7-16-12(14-2)8-15-10/h4-9H,1-3H3,(H,14,16). The van der Waals surface area contributed by atoms with Crippen molar-refractivity contribution < 1.29 is 4.79 Å². The molecule has 0 saturated heterocycles. The van der Waals surface area contributed by atoms with Crippen LogP contribution < -0.4 is 5.32 Å². The van der Waals surface area contributed by atoms with E-state index in [4.69, 9.17) is 0 Å². The second kappa shape index (κ2) is 5.79. The van der Waals surface area contributed by atoms with Crippen molar-refractivity contribution in [3.63, 3.8) is 0 Å². The number of amides is 1. The third kappa shape index (κ3) is 2.90. The lowest BCUT2D eigenvalue weighted by Crippen LogP contribution is -2.30. The molecule has 100 valence electrons. The van der Waals surface area contributed by atoms with Gasteiger partial charge in [0.2, 0.25) is 0 Å². The highest BCUT2D eigenvalue weighted by Gasteiger charge is 2.20. The Hall–Kier alpha value is -1.95. The third-order valence-corrected chi connectivity index (χ3v) is 4.03. The number of hydrogen-bond donors (Lipinski definition) is 1. The van der Waals surface area contributed by atoms with Crippen LogP contribution in [0.15, 0.2) is 29.9 Å². The first-order valence-corrected chi connectivity index (χ1v) is 6.81. The zero-order chi connectivity index (χ0) is 13.8. The molecule has 0 aliphatic carbocycles. The average molecular weight is 276 g/mol. The lowest BCUT2D eigenvalue weighted by Gasteiger charge is -2.23. The summed E-state index contributed by atoms with van der Waals surface area (Å²) in [6.07, 6.45) is 3.04. The summed E-state index contributed by atoms with van der Waals surface area (Å²) in [5.74, 6) is 0.515. The van der Waals surface area contributed by atoms with Gasteiger partial charge in [-0.1, -0.05) is 6.07 Å². The Bertz CT molecular complexity index is 538. The van der Waals surface area contributed by atoms with Crippen LogP contribution in [0.25, 0.3) is 0 Å². The van der Waals surface area contributed by atoms with Gasteiger partial charge in [-0.05, 0) is 18.4 Å². The minimum Gasteiger partial charge on any atom is -0.372 e. The van der Waals surface area contributed by atoms with E-state index >= 15 is 0 Å². The minimum absolute atomic E-state index is 0.0262. The molecule has 0 aliphatic rings. The molecular formula is C13H16N4OS. The predicted molar refractivity (Wildman–Crippen MR) is 76.4 cm³/mol. The SMILES string of the molecule is CNc1cnc(C(=O)N(C)C(C)c2cccs2)cn1. The minimum atomic E-state index is -0.129. The lowest BCUT2D eigenvalue weighted by molar-refractivity contribution is 0.0738. The monoisotopic (exact) mass is 276 g/mol. The summed E-state index contributed by atoms with van der Waals surface area (Å²) in [7, 11) is 3.54. The zero-order valence-corrected chi connectivity index (χ0v) is 11.9. The van der Waals surface area contributed by atoms with Gasteiger partial charge in [-0.25, -0.2) is 9.97 Å². The van der Waals surface area contributed by atoms with Gasteiger partial charge in [-0.15, -0.1) is 11.3 Å². The first-order valence-electron chi connectivity index (χ1n) is 5.94. The summed E-state index contributed by atoms with van der Waals surface area (Å²) in [4.78, 5) is 23.3. The molecule has 0 fully saturated rings. The Balaban J connectivity index is 2.14. The molecule has 1 N–H and O–H groups in total. The normalized spacial score (nSPS) is 11.9. The van der Waals surface area contributed by atoms with Crippen molar-refractivity contribution in [3.05, 3.63) is 40.5 Å². The van der Waals surface area contributed by atoms with Gasteiger partial charge in [-0.3, -0.25) is 4.79 Å². The molecule has 19 heavy (non-hydrogen) atoms. The van der Waals surface area contributed by atoms with Gasteiger partial charge in [0.05, 0.1) is 18.4 Å². The highest BCUT2D eigenvalue weighted by atomic mass is 32.1. The summed E-state index contributed by atoms with van der Waals surface area (Å²) in [6, 6.07) is 4.03.